The summed E-state index contributed by atoms with van der Waals surface area (Å²) in [7, 11) is 3.25. The summed E-state index contributed by atoms with van der Waals surface area (Å²) in [5, 5.41) is 9.23. The van der Waals surface area contributed by atoms with Crippen LogP contribution in [0.5, 0.6) is 11.5 Å². The Labute approximate surface area is 109 Å². The lowest BCUT2D eigenvalue weighted by Crippen LogP contribution is -2.26. The molecule has 4 heteroatoms. The van der Waals surface area contributed by atoms with Crippen molar-refractivity contribution < 1.29 is 14.6 Å². The van der Waals surface area contributed by atoms with E-state index in [0.717, 1.165) is 23.5 Å². The average molecular weight is 253 g/mol. The van der Waals surface area contributed by atoms with Crippen LogP contribution in [-0.4, -0.2) is 32.5 Å². The van der Waals surface area contributed by atoms with Crippen LogP contribution in [0.15, 0.2) is 18.2 Å². The highest BCUT2D eigenvalue weighted by atomic mass is 16.5. The number of hydrogen-bond donors (Lipinski definition) is 2. The molecule has 0 saturated heterocycles. The number of benzene rings is 1. The van der Waals surface area contributed by atoms with Crippen LogP contribution in [0, 0.1) is 11.8 Å². The smallest absolute Gasteiger partial charge is 0.160 e. The van der Waals surface area contributed by atoms with E-state index in [1.54, 1.807) is 14.2 Å². The molecule has 4 nitrogen and oxygen atoms in total. The molecule has 0 saturated carbocycles. The molecule has 0 spiro atoms. The van der Waals surface area contributed by atoms with Crippen LogP contribution in [-0.2, 0) is 6.42 Å². The lowest BCUT2D eigenvalue weighted by atomic mass is 9.89. The van der Waals surface area contributed by atoms with Crippen molar-refractivity contribution in [2.24, 2.45) is 17.6 Å². The van der Waals surface area contributed by atoms with Crippen LogP contribution in [0.3, 0.4) is 0 Å². The summed E-state index contributed by atoms with van der Waals surface area (Å²) >= 11 is 0. The van der Waals surface area contributed by atoms with E-state index >= 15 is 0 Å². The highest BCUT2D eigenvalue weighted by Gasteiger charge is 2.16. The zero-order valence-corrected chi connectivity index (χ0v) is 11.3. The van der Waals surface area contributed by atoms with Crippen molar-refractivity contribution in [3.05, 3.63) is 23.8 Å². The van der Waals surface area contributed by atoms with Crippen molar-refractivity contribution in [1.29, 1.82) is 0 Å². The number of aliphatic hydroxyl groups is 1. The first-order chi connectivity index (χ1) is 8.65. The van der Waals surface area contributed by atoms with Gasteiger partial charge in [-0.3, -0.25) is 0 Å². The molecule has 1 rings (SSSR count). The fraction of sp³-hybridized carbons (Fsp3) is 0.571. The van der Waals surface area contributed by atoms with Crippen LogP contribution in [0.4, 0.5) is 0 Å². The van der Waals surface area contributed by atoms with E-state index in [2.05, 4.69) is 6.92 Å². The Morgan fingerprint density at radius 3 is 2.39 bits per heavy atom. The van der Waals surface area contributed by atoms with E-state index < -0.39 is 0 Å². The normalized spacial score (nSPS) is 14.1. The second-order valence-electron chi connectivity index (χ2n) is 4.55. The molecule has 2 unspecified atom stereocenters. The molecule has 1 aromatic carbocycles. The Hall–Kier alpha value is -1.26. The Balaban J connectivity index is 2.78. The first kappa shape index (κ1) is 14.8. The predicted octanol–water partition coefficient (Wildman–Crippen LogP) is 1.45. The van der Waals surface area contributed by atoms with Crippen LogP contribution < -0.4 is 15.2 Å². The van der Waals surface area contributed by atoms with Crippen molar-refractivity contribution in [2.45, 2.75) is 13.3 Å². The predicted molar refractivity (Wildman–Crippen MR) is 72.0 cm³/mol. The fourth-order valence-corrected chi connectivity index (χ4v) is 2.03. The highest BCUT2D eigenvalue weighted by molar-refractivity contribution is 5.42. The van der Waals surface area contributed by atoms with Gasteiger partial charge in [0.25, 0.3) is 0 Å². The quantitative estimate of drug-likeness (QED) is 0.772. The van der Waals surface area contributed by atoms with Crippen molar-refractivity contribution in [1.82, 2.24) is 0 Å². The number of methoxy groups -OCH3 is 2. The first-order valence-corrected chi connectivity index (χ1v) is 6.18. The molecule has 1 aromatic rings. The molecular formula is C14H23NO3. The van der Waals surface area contributed by atoms with Gasteiger partial charge in [0, 0.05) is 6.61 Å². The third-order valence-corrected chi connectivity index (χ3v) is 3.35. The van der Waals surface area contributed by atoms with Gasteiger partial charge in [0.1, 0.15) is 0 Å². The van der Waals surface area contributed by atoms with E-state index in [0.29, 0.717) is 12.5 Å². The maximum atomic E-state index is 9.23. The van der Waals surface area contributed by atoms with Crippen molar-refractivity contribution in [3.63, 3.8) is 0 Å². The van der Waals surface area contributed by atoms with Gasteiger partial charge in [0.15, 0.2) is 11.5 Å². The van der Waals surface area contributed by atoms with Gasteiger partial charge in [-0.05, 0) is 42.5 Å². The fourth-order valence-electron chi connectivity index (χ4n) is 2.03. The van der Waals surface area contributed by atoms with Gasteiger partial charge in [0.2, 0.25) is 0 Å². The van der Waals surface area contributed by atoms with E-state index in [9.17, 15) is 5.11 Å². The monoisotopic (exact) mass is 253 g/mol. The summed E-state index contributed by atoms with van der Waals surface area (Å²) in [6, 6.07) is 5.89. The van der Waals surface area contributed by atoms with Gasteiger partial charge in [-0.1, -0.05) is 13.0 Å². The van der Waals surface area contributed by atoms with Crippen LogP contribution in [0.25, 0.3) is 0 Å². The Morgan fingerprint density at radius 2 is 1.89 bits per heavy atom. The topological polar surface area (TPSA) is 64.7 Å². The summed E-state index contributed by atoms with van der Waals surface area (Å²) in [6.45, 7) is 2.74. The van der Waals surface area contributed by atoms with Crippen molar-refractivity contribution >= 4 is 0 Å². The van der Waals surface area contributed by atoms with E-state index in [-0.39, 0.29) is 12.5 Å². The standard InChI is InChI=1S/C14H23NO3/c1-10(12(8-15)9-16)6-11-4-5-13(17-2)14(7-11)18-3/h4-5,7,10,12,16H,6,8-9,15H2,1-3H3. The third-order valence-electron chi connectivity index (χ3n) is 3.35. The van der Waals surface area contributed by atoms with Gasteiger partial charge in [-0.2, -0.15) is 0 Å². The summed E-state index contributed by atoms with van der Waals surface area (Å²) in [6.07, 6.45) is 0.864. The summed E-state index contributed by atoms with van der Waals surface area (Å²) < 4.78 is 10.5. The van der Waals surface area contributed by atoms with Crippen molar-refractivity contribution in [3.8, 4) is 11.5 Å². The zero-order chi connectivity index (χ0) is 13.5. The molecule has 0 aliphatic rings. The van der Waals surface area contributed by atoms with Gasteiger partial charge < -0.3 is 20.3 Å². The molecule has 0 aromatic heterocycles. The minimum Gasteiger partial charge on any atom is -0.493 e. The van der Waals surface area contributed by atoms with Crippen molar-refractivity contribution in [2.75, 3.05) is 27.4 Å². The second-order valence-corrected chi connectivity index (χ2v) is 4.55. The Bertz CT molecular complexity index is 364. The van der Waals surface area contributed by atoms with Crippen LogP contribution in [0.1, 0.15) is 12.5 Å². The second kappa shape index (κ2) is 7.24. The van der Waals surface area contributed by atoms with Gasteiger partial charge in [-0.25, -0.2) is 0 Å². The van der Waals surface area contributed by atoms with Crippen LogP contribution >= 0.6 is 0 Å². The summed E-state index contributed by atoms with van der Waals surface area (Å²) in [5.41, 5.74) is 6.79. The van der Waals surface area contributed by atoms with E-state index in [1.807, 2.05) is 18.2 Å². The largest absolute Gasteiger partial charge is 0.493 e. The molecule has 18 heavy (non-hydrogen) atoms. The SMILES string of the molecule is COc1ccc(CC(C)C(CN)CO)cc1OC. The molecule has 0 radical (unpaired) electrons. The van der Waals surface area contributed by atoms with Gasteiger partial charge in [-0.15, -0.1) is 0 Å². The maximum Gasteiger partial charge on any atom is 0.160 e. The molecular weight excluding hydrogens is 230 g/mol. The number of rotatable bonds is 7. The van der Waals surface area contributed by atoms with Crippen LogP contribution in [0.2, 0.25) is 0 Å². The number of aliphatic hydroxyl groups excluding tert-OH is 1. The van der Waals surface area contributed by atoms with Gasteiger partial charge >= 0.3 is 0 Å². The van der Waals surface area contributed by atoms with E-state index in [4.69, 9.17) is 15.2 Å². The minimum absolute atomic E-state index is 0.130. The average Bonchev–Trinajstić information content (AvgIpc) is 2.40. The summed E-state index contributed by atoms with van der Waals surface area (Å²) in [4.78, 5) is 0. The molecule has 0 fully saturated rings. The lowest BCUT2D eigenvalue weighted by Gasteiger charge is -2.20. The lowest BCUT2D eigenvalue weighted by molar-refractivity contribution is 0.187. The number of nitrogens with two attached hydrogens (primary N) is 1. The Morgan fingerprint density at radius 1 is 1.22 bits per heavy atom. The number of ether oxygens (including phenoxy) is 2. The first-order valence-electron chi connectivity index (χ1n) is 6.18. The summed E-state index contributed by atoms with van der Waals surface area (Å²) in [5.74, 6) is 1.93. The minimum atomic E-state index is 0.130. The van der Waals surface area contributed by atoms with E-state index in [1.165, 1.54) is 0 Å². The zero-order valence-electron chi connectivity index (χ0n) is 11.3. The molecule has 0 bridgehead atoms. The Kier molecular flexibility index (Phi) is 5.95. The molecule has 0 heterocycles. The maximum absolute atomic E-state index is 9.23. The molecule has 0 aliphatic carbocycles. The molecule has 0 amide bonds. The molecule has 3 N–H and O–H groups in total. The highest BCUT2D eigenvalue weighted by Crippen LogP contribution is 2.29. The molecule has 0 aliphatic heterocycles. The molecule has 102 valence electrons. The number of hydrogen-bond acceptors (Lipinski definition) is 4. The molecule has 2 atom stereocenters. The van der Waals surface area contributed by atoms with Gasteiger partial charge in [0.05, 0.1) is 14.2 Å². The third kappa shape index (κ3) is 3.62.